The fraction of sp³-hybridized carbons (Fsp3) is 0.714. The zero-order valence-electron chi connectivity index (χ0n) is 11.5. The Labute approximate surface area is 110 Å². The monoisotopic (exact) mass is 248 g/mol. The van der Waals surface area contributed by atoms with Gasteiger partial charge in [-0.1, -0.05) is 19.8 Å². The van der Waals surface area contributed by atoms with Crippen LogP contribution in [0.15, 0.2) is 6.07 Å². The normalized spacial score (nSPS) is 15.9. The minimum atomic E-state index is 0.601. The number of nitrogens with one attached hydrogen (secondary N) is 2. The molecule has 0 bridgehead atoms. The van der Waals surface area contributed by atoms with Crippen LogP contribution in [-0.2, 0) is 6.42 Å². The molecule has 0 aliphatic heterocycles. The Kier molecular flexibility index (Phi) is 4.79. The van der Waals surface area contributed by atoms with Gasteiger partial charge < -0.3 is 10.6 Å². The number of anilines is 2. The predicted octanol–water partition coefficient (Wildman–Crippen LogP) is 3.22. The lowest BCUT2D eigenvalue weighted by Gasteiger charge is -2.14. The molecule has 1 saturated carbocycles. The molecular weight excluding hydrogens is 224 g/mol. The predicted molar refractivity (Wildman–Crippen MR) is 76.1 cm³/mol. The largest absolute Gasteiger partial charge is 0.370 e. The molecule has 2 rings (SSSR count). The fourth-order valence-corrected chi connectivity index (χ4v) is 2.46. The van der Waals surface area contributed by atoms with Crippen molar-refractivity contribution in [2.24, 2.45) is 0 Å². The minimum absolute atomic E-state index is 0.601. The van der Waals surface area contributed by atoms with E-state index < -0.39 is 0 Å². The molecule has 0 aromatic carbocycles. The van der Waals surface area contributed by atoms with E-state index in [1.54, 1.807) is 0 Å². The highest BCUT2D eigenvalue weighted by Crippen LogP contribution is 2.22. The van der Waals surface area contributed by atoms with Crippen molar-refractivity contribution in [2.45, 2.75) is 58.4 Å². The number of aromatic nitrogens is 2. The minimum Gasteiger partial charge on any atom is -0.370 e. The van der Waals surface area contributed by atoms with Crippen LogP contribution in [0.5, 0.6) is 0 Å². The van der Waals surface area contributed by atoms with Crippen LogP contribution >= 0.6 is 0 Å². The lowest BCUT2D eigenvalue weighted by molar-refractivity contribution is 0.744. The highest BCUT2D eigenvalue weighted by molar-refractivity contribution is 5.48. The maximum atomic E-state index is 4.61. The van der Waals surface area contributed by atoms with Gasteiger partial charge in [0.05, 0.1) is 0 Å². The molecule has 1 aromatic heterocycles. The van der Waals surface area contributed by atoms with E-state index >= 15 is 0 Å². The molecule has 1 heterocycles. The van der Waals surface area contributed by atoms with Gasteiger partial charge in [0.1, 0.15) is 17.5 Å². The van der Waals surface area contributed by atoms with Gasteiger partial charge in [0.25, 0.3) is 0 Å². The van der Waals surface area contributed by atoms with Gasteiger partial charge in [-0.15, -0.1) is 0 Å². The molecule has 0 spiro atoms. The van der Waals surface area contributed by atoms with Gasteiger partial charge >= 0.3 is 0 Å². The van der Waals surface area contributed by atoms with Crippen LogP contribution in [0, 0.1) is 0 Å². The second kappa shape index (κ2) is 6.57. The van der Waals surface area contributed by atoms with Crippen molar-refractivity contribution in [3.05, 3.63) is 11.9 Å². The maximum absolute atomic E-state index is 4.61. The first-order valence-electron chi connectivity index (χ1n) is 7.20. The molecule has 0 atom stereocenters. The standard InChI is InChI=1S/C14H24N4/c1-3-7-12-17-13(15-4-2)10-14(18-12)16-11-8-5-6-9-11/h10-11H,3-9H2,1-2H3,(H2,15,16,17,18). The second-order valence-electron chi connectivity index (χ2n) is 4.96. The molecule has 1 aromatic rings. The number of hydrogen-bond donors (Lipinski definition) is 2. The Hall–Kier alpha value is -1.32. The van der Waals surface area contributed by atoms with Gasteiger partial charge in [-0.05, 0) is 26.2 Å². The van der Waals surface area contributed by atoms with Crippen LogP contribution in [-0.4, -0.2) is 22.6 Å². The first kappa shape index (κ1) is 13.1. The summed E-state index contributed by atoms with van der Waals surface area (Å²) in [5.74, 6) is 2.86. The molecule has 1 fully saturated rings. The van der Waals surface area contributed by atoms with Gasteiger partial charge in [0, 0.05) is 25.1 Å². The number of aryl methyl sites for hydroxylation is 1. The summed E-state index contributed by atoms with van der Waals surface area (Å²) in [5, 5.41) is 6.83. The highest BCUT2D eigenvalue weighted by atomic mass is 15.1. The van der Waals surface area contributed by atoms with Crippen molar-refractivity contribution in [3.63, 3.8) is 0 Å². The van der Waals surface area contributed by atoms with E-state index in [-0.39, 0.29) is 0 Å². The van der Waals surface area contributed by atoms with Gasteiger partial charge in [-0.25, -0.2) is 9.97 Å². The zero-order chi connectivity index (χ0) is 12.8. The van der Waals surface area contributed by atoms with Gasteiger partial charge in [-0.3, -0.25) is 0 Å². The Morgan fingerprint density at radius 2 is 1.89 bits per heavy atom. The molecule has 0 radical (unpaired) electrons. The Bertz CT molecular complexity index is 348. The van der Waals surface area contributed by atoms with Crippen molar-refractivity contribution in [1.29, 1.82) is 0 Å². The lowest BCUT2D eigenvalue weighted by atomic mass is 10.2. The molecule has 0 unspecified atom stereocenters. The zero-order valence-corrected chi connectivity index (χ0v) is 11.5. The van der Waals surface area contributed by atoms with Crippen LogP contribution in [0.25, 0.3) is 0 Å². The van der Waals surface area contributed by atoms with Crippen molar-refractivity contribution in [1.82, 2.24) is 9.97 Å². The average molecular weight is 248 g/mol. The van der Waals surface area contributed by atoms with Crippen molar-refractivity contribution in [2.75, 3.05) is 17.2 Å². The third kappa shape index (κ3) is 3.59. The third-order valence-corrected chi connectivity index (χ3v) is 3.31. The van der Waals surface area contributed by atoms with E-state index in [4.69, 9.17) is 0 Å². The van der Waals surface area contributed by atoms with E-state index in [1.807, 2.05) is 6.07 Å². The van der Waals surface area contributed by atoms with E-state index in [0.29, 0.717) is 6.04 Å². The summed E-state index contributed by atoms with van der Waals surface area (Å²) < 4.78 is 0. The molecule has 18 heavy (non-hydrogen) atoms. The van der Waals surface area contributed by atoms with Gasteiger partial charge in [-0.2, -0.15) is 0 Å². The first-order chi connectivity index (χ1) is 8.81. The summed E-state index contributed by atoms with van der Waals surface area (Å²) in [6.07, 6.45) is 7.24. The highest BCUT2D eigenvalue weighted by Gasteiger charge is 2.15. The molecule has 100 valence electrons. The van der Waals surface area contributed by atoms with Crippen LogP contribution in [0.1, 0.15) is 51.8 Å². The fourth-order valence-electron chi connectivity index (χ4n) is 2.46. The molecule has 1 aliphatic carbocycles. The van der Waals surface area contributed by atoms with E-state index in [0.717, 1.165) is 36.8 Å². The molecule has 4 heteroatoms. The Morgan fingerprint density at radius 3 is 2.56 bits per heavy atom. The molecule has 0 amide bonds. The number of hydrogen-bond acceptors (Lipinski definition) is 4. The van der Waals surface area contributed by atoms with Crippen molar-refractivity contribution in [3.8, 4) is 0 Å². The summed E-state index contributed by atoms with van der Waals surface area (Å²) in [6.45, 7) is 5.14. The smallest absolute Gasteiger partial charge is 0.133 e. The van der Waals surface area contributed by atoms with Gasteiger partial charge in [0.2, 0.25) is 0 Å². The third-order valence-electron chi connectivity index (χ3n) is 3.31. The quantitative estimate of drug-likeness (QED) is 0.811. The van der Waals surface area contributed by atoms with Crippen LogP contribution in [0.3, 0.4) is 0 Å². The Morgan fingerprint density at radius 1 is 1.17 bits per heavy atom. The molecular formula is C14H24N4. The van der Waals surface area contributed by atoms with Crippen LogP contribution in [0.2, 0.25) is 0 Å². The molecule has 1 aliphatic rings. The lowest BCUT2D eigenvalue weighted by Crippen LogP contribution is -2.17. The summed E-state index contributed by atoms with van der Waals surface area (Å²) in [4.78, 5) is 9.13. The SMILES string of the molecule is CCCc1nc(NCC)cc(NC2CCCC2)n1. The maximum Gasteiger partial charge on any atom is 0.133 e. The van der Waals surface area contributed by atoms with E-state index in [1.165, 1.54) is 25.7 Å². The summed E-state index contributed by atoms with van der Waals surface area (Å²) >= 11 is 0. The van der Waals surface area contributed by atoms with Crippen LogP contribution in [0.4, 0.5) is 11.6 Å². The summed E-state index contributed by atoms with van der Waals surface area (Å²) in [7, 11) is 0. The Balaban J connectivity index is 2.10. The first-order valence-corrected chi connectivity index (χ1v) is 7.20. The van der Waals surface area contributed by atoms with Crippen molar-refractivity contribution < 1.29 is 0 Å². The molecule has 2 N–H and O–H groups in total. The van der Waals surface area contributed by atoms with Crippen LogP contribution < -0.4 is 10.6 Å². The number of rotatable bonds is 6. The van der Waals surface area contributed by atoms with Crippen molar-refractivity contribution >= 4 is 11.6 Å². The molecule has 4 nitrogen and oxygen atoms in total. The van der Waals surface area contributed by atoms with Gasteiger partial charge in [0.15, 0.2) is 0 Å². The van der Waals surface area contributed by atoms with E-state index in [2.05, 4.69) is 34.4 Å². The topological polar surface area (TPSA) is 49.8 Å². The average Bonchev–Trinajstić information content (AvgIpc) is 2.82. The summed E-state index contributed by atoms with van der Waals surface area (Å²) in [6, 6.07) is 2.63. The van der Waals surface area contributed by atoms with E-state index in [9.17, 15) is 0 Å². The summed E-state index contributed by atoms with van der Waals surface area (Å²) in [5.41, 5.74) is 0. The molecule has 0 saturated heterocycles. The second-order valence-corrected chi connectivity index (χ2v) is 4.96. The number of nitrogens with zero attached hydrogens (tertiary/aromatic N) is 2.